The summed E-state index contributed by atoms with van der Waals surface area (Å²) in [6.45, 7) is 8.53. The first-order chi connectivity index (χ1) is 14.7. The molecule has 1 atom stereocenters. The van der Waals surface area contributed by atoms with Crippen LogP contribution < -0.4 is 0 Å². The Morgan fingerprint density at radius 2 is 1.77 bits per heavy atom. The van der Waals surface area contributed by atoms with E-state index in [1.54, 1.807) is 23.1 Å². The highest BCUT2D eigenvalue weighted by Gasteiger charge is 2.29. The second-order valence-corrected chi connectivity index (χ2v) is 9.16. The molecular formula is C24H28Cl2N2O3. The van der Waals surface area contributed by atoms with Crippen molar-refractivity contribution in [1.82, 2.24) is 9.80 Å². The van der Waals surface area contributed by atoms with Crippen molar-refractivity contribution in [1.29, 1.82) is 0 Å². The standard InChI is InChI=1S/C24H28Cl2N2O3/c1-16(2)13-28(23(29)18-6-4-17(3)5-7-18)15-20-14-27(10-11-31-20)24(30)19-8-9-21(25)22(26)12-19/h4-9,12,16,20H,10-11,13-15H2,1-3H3/t20-/m0/s1. The Labute approximate surface area is 193 Å². The minimum Gasteiger partial charge on any atom is -0.373 e. The molecule has 0 unspecified atom stereocenters. The molecule has 0 radical (unpaired) electrons. The average Bonchev–Trinajstić information content (AvgIpc) is 2.74. The number of rotatable bonds is 6. The topological polar surface area (TPSA) is 49.9 Å². The van der Waals surface area contributed by atoms with Gasteiger partial charge in [-0.15, -0.1) is 0 Å². The van der Waals surface area contributed by atoms with Crippen LogP contribution in [0.5, 0.6) is 0 Å². The van der Waals surface area contributed by atoms with Gasteiger partial charge in [0.25, 0.3) is 11.8 Å². The van der Waals surface area contributed by atoms with Gasteiger partial charge in [-0.3, -0.25) is 9.59 Å². The van der Waals surface area contributed by atoms with Gasteiger partial charge in [-0.1, -0.05) is 54.7 Å². The fraction of sp³-hybridized carbons (Fsp3) is 0.417. The van der Waals surface area contributed by atoms with Gasteiger partial charge in [0, 0.05) is 37.3 Å². The van der Waals surface area contributed by atoms with E-state index >= 15 is 0 Å². The highest BCUT2D eigenvalue weighted by atomic mass is 35.5. The highest BCUT2D eigenvalue weighted by Crippen LogP contribution is 2.24. The number of aryl methyl sites for hydroxylation is 1. The number of morpholine rings is 1. The molecule has 7 heteroatoms. The van der Waals surface area contributed by atoms with E-state index in [0.29, 0.717) is 59.9 Å². The maximum absolute atomic E-state index is 13.1. The van der Waals surface area contributed by atoms with E-state index in [1.807, 2.05) is 36.1 Å². The zero-order chi connectivity index (χ0) is 22.5. The van der Waals surface area contributed by atoms with Crippen LogP contribution in [0.1, 0.15) is 40.1 Å². The molecule has 0 aromatic heterocycles. The molecule has 2 aromatic rings. The molecule has 166 valence electrons. The van der Waals surface area contributed by atoms with Crippen molar-refractivity contribution in [3.63, 3.8) is 0 Å². The van der Waals surface area contributed by atoms with Crippen LogP contribution in [0.25, 0.3) is 0 Å². The Morgan fingerprint density at radius 1 is 1.10 bits per heavy atom. The van der Waals surface area contributed by atoms with E-state index in [9.17, 15) is 9.59 Å². The Hall–Kier alpha value is -2.08. The molecule has 1 heterocycles. The van der Waals surface area contributed by atoms with Crippen LogP contribution in [0.2, 0.25) is 10.0 Å². The maximum atomic E-state index is 13.1. The van der Waals surface area contributed by atoms with E-state index in [1.165, 1.54) is 0 Å². The van der Waals surface area contributed by atoms with Crippen LogP contribution in [0.15, 0.2) is 42.5 Å². The zero-order valence-corrected chi connectivity index (χ0v) is 19.6. The number of benzene rings is 2. The first kappa shape index (κ1) is 23.6. The van der Waals surface area contributed by atoms with E-state index < -0.39 is 0 Å². The van der Waals surface area contributed by atoms with E-state index in [-0.39, 0.29) is 17.9 Å². The second kappa shape index (κ2) is 10.5. The van der Waals surface area contributed by atoms with Crippen LogP contribution in [-0.4, -0.2) is 60.5 Å². The Bertz CT molecular complexity index is 931. The lowest BCUT2D eigenvalue weighted by Gasteiger charge is -2.36. The largest absolute Gasteiger partial charge is 0.373 e. The first-order valence-corrected chi connectivity index (χ1v) is 11.2. The van der Waals surface area contributed by atoms with Gasteiger partial charge in [0.2, 0.25) is 0 Å². The Morgan fingerprint density at radius 3 is 2.42 bits per heavy atom. The molecule has 0 saturated carbocycles. The van der Waals surface area contributed by atoms with Gasteiger partial charge in [-0.25, -0.2) is 0 Å². The lowest BCUT2D eigenvalue weighted by Crippen LogP contribution is -2.51. The molecule has 0 spiro atoms. The number of amides is 2. The second-order valence-electron chi connectivity index (χ2n) is 8.34. The number of hydrogen-bond donors (Lipinski definition) is 0. The molecule has 0 aliphatic carbocycles. The molecular weight excluding hydrogens is 435 g/mol. The number of ether oxygens (including phenoxy) is 1. The van der Waals surface area contributed by atoms with Gasteiger partial charge in [-0.05, 0) is 43.2 Å². The fourth-order valence-electron chi connectivity index (χ4n) is 3.63. The number of carbonyl (C=O) groups excluding carboxylic acids is 2. The Balaban J connectivity index is 1.70. The number of halogens is 2. The molecule has 1 aliphatic heterocycles. The Kier molecular flexibility index (Phi) is 7.98. The summed E-state index contributed by atoms with van der Waals surface area (Å²) >= 11 is 12.0. The molecule has 0 N–H and O–H groups in total. The summed E-state index contributed by atoms with van der Waals surface area (Å²) < 4.78 is 5.92. The van der Waals surface area contributed by atoms with Crippen LogP contribution in [0.4, 0.5) is 0 Å². The predicted molar refractivity (Wildman–Crippen MR) is 124 cm³/mol. The van der Waals surface area contributed by atoms with Crippen molar-refractivity contribution >= 4 is 35.0 Å². The number of hydrogen-bond acceptors (Lipinski definition) is 3. The van der Waals surface area contributed by atoms with Crippen molar-refractivity contribution in [2.45, 2.75) is 26.9 Å². The van der Waals surface area contributed by atoms with Gasteiger partial charge in [0.05, 0.1) is 22.8 Å². The minimum absolute atomic E-state index is 0.0229. The molecule has 2 amide bonds. The van der Waals surface area contributed by atoms with E-state index in [2.05, 4.69) is 13.8 Å². The van der Waals surface area contributed by atoms with Gasteiger partial charge in [0.1, 0.15) is 0 Å². The molecule has 31 heavy (non-hydrogen) atoms. The third-order valence-electron chi connectivity index (χ3n) is 5.19. The minimum atomic E-state index is -0.256. The van der Waals surface area contributed by atoms with Crippen molar-refractivity contribution < 1.29 is 14.3 Å². The summed E-state index contributed by atoms with van der Waals surface area (Å²) in [7, 11) is 0. The summed E-state index contributed by atoms with van der Waals surface area (Å²) in [5, 5.41) is 0.765. The van der Waals surface area contributed by atoms with Gasteiger partial charge in [-0.2, -0.15) is 0 Å². The maximum Gasteiger partial charge on any atom is 0.254 e. The van der Waals surface area contributed by atoms with E-state index in [4.69, 9.17) is 27.9 Å². The lowest BCUT2D eigenvalue weighted by molar-refractivity contribution is -0.0340. The van der Waals surface area contributed by atoms with Crippen molar-refractivity contribution in [3.05, 3.63) is 69.2 Å². The molecule has 1 aliphatic rings. The summed E-state index contributed by atoms with van der Waals surface area (Å²) in [6, 6.07) is 12.5. The van der Waals surface area contributed by atoms with Crippen molar-refractivity contribution in [3.8, 4) is 0 Å². The number of nitrogens with zero attached hydrogens (tertiary/aromatic N) is 2. The smallest absolute Gasteiger partial charge is 0.254 e. The quantitative estimate of drug-likeness (QED) is 0.610. The number of carbonyl (C=O) groups is 2. The molecule has 2 aromatic carbocycles. The third-order valence-corrected chi connectivity index (χ3v) is 5.93. The normalized spacial score (nSPS) is 16.5. The summed E-state index contributed by atoms with van der Waals surface area (Å²) in [5.74, 6) is 0.171. The fourth-order valence-corrected chi connectivity index (χ4v) is 3.93. The SMILES string of the molecule is Cc1ccc(C(=O)N(CC(C)C)C[C@@H]2CN(C(=O)c3ccc(Cl)c(Cl)c3)CCO2)cc1. The predicted octanol–water partition coefficient (Wildman–Crippen LogP) is 4.94. The highest BCUT2D eigenvalue weighted by molar-refractivity contribution is 6.42. The summed E-state index contributed by atoms with van der Waals surface area (Å²) in [4.78, 5) is 29.7. The van der Waals surface area contributed by atoms with Crippen LogP contribution in [0.3, 0.4) is 0 Å². The lowest BCUT2D eigenvalue weighted by atomic mass is 10.1. The molecule has 1 fully saturated rings. The molecule has 5 nitrogen and oxygen atoms in total. The third kappa shape index (κ3) is 6.22. The molecule has 0 bridgehead atoms. The summed E-state index contributed by atoms with van der Waals surface area (Å²) in [6.07, 6.45) is -0.256. The average molecular weight is 463 g/mol. The molecule has 1 saturated heterocycles. The van der Waals surface area contributed by atoms with Gasteiger partial charge < -0.3 is 14.5 Å². The monoisotopic (exact) mass is 462 g/mol. The zero-order valence-electron chi connectivity index (χ0n) is 18.1. The van der Waals surface area contributed by atoms with Crippen LogP contribution in [-0.2, 0) is 4.74 Å². The van der Waals surface area contributed by atoms with Crippen molar-refractivity contribution in [2.24, 2.45) is 5.92 Å². The van der Waals surface area contributed by atoms with Gasteiger partial charge >= 0.3 is 0 Å². The molecule has 3 rings (SSSR count). The van der Waals surface area contributed by atoms with Crippen LogP contribution in [0, 0.1) is 12.8 Å². The van der Waals surface area contributed by atoms with Crippen molar-refractivity contribution in [2.75, 3.05) is 32.8 Å². The van der Waals surface area contributed by atoms with E-state index in [0.717, 1.165) is 5.56 Å². The summed E-state index contributed by atoms with van der Waals surface area (Å²) in [5.41, 5.74) is 2.26. The first-order valence-electron chi connectivity index (χ1n) is 10.5. The van der Waals surface area contributed by atoms with Gasteiger partial charge in [0.15, 0.2) is 0 Å². The van der Waals surface area contributed by atoms with Crippen LogP contribution >= 0.6 is 23.2 Å².